The molecule has 0 radical (unpaired) electrons. The molecule has 4 aliphatic rings. The van der Waals surface area contributed by atoms with Crippen LogP contribution in [-0.4, -0.2) is 81.1 Å². The van der Waals surface area contributed by atoms with Crippen LogP contribution in [0.15, 0.2) is 24.3 Å². The SMILES string of the molecule is CCCC(C)N1CC=C[C@]23S[C@H]4C=CCOC(=O)[C@H]4[C@H]2C(=O)N(CCCCCO)C3C1=O. The van der Waals surface area contributed by atoms with Crippen molar-refractivity contribution in [1.82, 2.24) is 9.80 Å². The summed E-state index contributed by atoms with van der Waals surface area (Å²) >= 11 is 1.58. The monoisotopic (exact) mass is 462 g/mol. The predicted molar refractivity (Wildman–Crippen MR) is 123 cm³/mol. The maximum Gasteiger partial charge on any atom is 0.311 e. The second-order valence-electron chi connectivity index (χ2n) is 9.25. The van der Waals surface area contributed by atoms with Gasteiger partial charge in [-0.3, -0.25) is 14.4 Å². The molecule has 6 atom stereocenters. The summed E-state index contributed by atoms with van der Waals surface area (Å²) in [5, 5.41) is 8.96. The number of hydrogen-bond acceptors (Lipinski definition) is 6. The molecule has 4 aliphatic heterocycles. The Hall–Kier alpha value is -1.80. The summed E-state index contributed by atoms with van der Waals surface area (Å²) in [5.41, 5.74) is 0. The molecule has 0 bridgehead atoms. The second kappa shape index (κ2) is 9.59. The topological polar surface area (TPSA) is 87.2 Å². The zero-order valence-electron chi connectivity index (χ0n) is 18.9. The molecule has 7 nitrogen and oxygen atoms in total. The number of unbranched alkanes of at least 4 members (excludes halogenated alkanes) is 2. The van der Waals surface area contributed by atoms with Gasteiger partial charge in [0.2, 0.25) is 11.8 Å². The van der Waals surface area contributed by atoms with Gasteiger partial charge < -0.3 is 19.6 Å². The Balaban J connectivity index is 1.73. The van der Waals surface area contributed by atoms with E-state index in [0.29, 0.717) is 19.5 Å². The molecule has 1 N–H and O–H groups in total. The average Bonchev–Trinajstić information content (AvgIpc) is 3.05. The summed E-state index contributed by atoms with van der Waals surface area (Å²) < 4.78 is 4.63. The Bertz CT molecular complexity index is 814. The zero-order chi connectivity index (χ0) is 22.9. The van der Waals surface area contributed by atoms with Crippen molar-refractivity contribution in [3.63, 3.8) is 0 Å². The highest BCUT2D eigenvalue weighted by atomic mass is 32.2. The summed E-state index contributed by atoms with van der Waals surface area (Å²) in [6.45, 7) is 5.50. The van der Waals surface area contributed by atoms with Crippen molar-refractivity contribution in [2.45, 2.75) is 68.0 Å². The molecule has 0 aromatic carbocycles. The van der Waals surface area contributed by atoms with Gasteiger partial charge in [0.15, 0.2) is 0 Å². The Morgan fingerprint density at radius 3 is 2.78 bits per heavy atom. The molecule has 176 valence electrons. The van der Waals surface area contributed by atoms with Crippen LogP contribution in [0.5, 0.6) is 0 Å². The number of amides is 2. The predicted octanol–water partition coefficient (Wildman–Crippen LogP) is 2.15. The number of hydrogen-bond donors (Lipinski definition) is 1. The smallest absolute Gasteiger partial charge is 0.311 e. The number of thioether (sulfide) groups is 1. The summed E-state index contributed by atoms with van der Waals surface area (Å²) in [5.74, 6) is -1.65. The minimum Gasteiger partial charge on any atom is -0.461 e. The fourth-order valence-electron chi connectivity index (χ4n) is 5.77. The number of carbonyl (C=O) groups excluding carboxylic acids is 3. The first-order chi connectivity index (χ1) is 15.5. The van der Waals surface area contributed by atoms with E-state index < -0.39 is 22.6 Å². The molecule has 32 heavy (non-hydrogen) atoms. The number of ether oxygens (including phenoxy) is 1. The van der Waals surface area contributed by atoms with E-state index in [4.69, 9.17) is 9.84 Å². The van der Waals surface area contributed by atoms with Crippen molar-refractivity contribution in [2.24, 2.45) is 11.8 Å². The van der Waals surface area contributed by atoms with Crippen LogP contribution in [0.1, 0.15) is 46.0 Å². The minimum absolute atomic E-state index is 0.0183. The van der Waals surface area contributed by atoms with Crippen LogP contribution in [-0.2, 0) is 19.1 Å². The van der Waals surface area contributed by atoms with Gasteiger partial charge in [-0.05, 0) is 32.6 Å². The van der Waals surface area contributed by atoms with E-state index in [9.17, 15) is 14.4 Å². The van der Waals surface area contributed by atoms with Gasteiger partial charge in [0.25, 0.3) is 0 Å². The molecule has 2 amide bonds. The quantitative estimate of drug-likeness (QED) is 0.338. The lowest BCUT2D eigenvalue weighted by Crippen LogP contribution is -2.55. The van der Waals surface area contributed by atoms with Gasteiger partial charge in [-0.25, -0.2) is 0 Å². The van der Waals surface area contributed by atoms with Crippen molar-refractivity contribution in [3.05, 3.63) is 24.3 Å². The van der Waals surface area contributed by atoms with Gasteiger partial charge in [0, 0.05) is 31.0 Å². The first-order valence-corrected chi connectivity index (χ1v) is 12.7. The lowest BCUT2D eigenvalue weighted by atomic mass is 9.78. The van der Waals surface area contributed by atoms with Crippen LogP contribution < -0.4 is 0 Å². The highest BCUT2D eigenvalue weighted by Gasteiger charge is 2.71. The van der Waals surface area contributed by atoms with Crippen molar-refractivity contribution in [1.29, 1.82) is 0 Å². The molecule has 0 aliphatic carbocycles. The molecule has 0 aromatic heterocycles. The van der Waals surface area contributed by atoms with Crippen molar-refractivity contribution < 1.29 is 24.2 Å². The Morgan fingerprint density at radius 1 is 1.22 bits per heavy atom. The average molecular weight is 463 g/mol. The second-order valence-corrected chi connectivity index (χ2v) is 10.7. The lowest BCUT2D eigenvalue weighted by Gasteiger charge is -2.37. The summed E-state index contributed by atoms with van der Waals surface area (Å²) in [4.78, 5) is 44.3. The van der Waals surface area contributed by atoms with Gasteiger partial charge in [0.05, 0.1) is 16.6 Å². The van der Waals surface area contributed by atoms with E-state index in [-0.39, 0.29) is 42.3 Å². The largest absolute Gasteiger partial charge is 0.461 e. The zero-order valence-corrected chi connectivity index (χ0v) is 19.8. The molecule has 0 aromatic rings. The van der Waals surface area contributed by atoms with E-state index in [1.165, 1.54) is 0 Å². The summed E-state index contributed by atoms with van der Waals surface area (Å²) in [6.07, 6.45) is 11.9. The molecule has 4 heterocycles. The number of esters is 1. The molecule has 4 rings (SSSR count). The van der Waals surface area contributed by atoms with E-state index in [2.05, 4.69) is 13.8 Å². The van der Waals surface area contributed by atoms with Crippen molar-refractivity contribution >= 4 is 29.5 Å². The summed E-state index contributed by atoms with van der Waals surface area (Å²) in [7, 11) is 0. The molecule has 2 saturated heterocycles. The molecular weight excluding hydrogens is 428 g/mol. The number of aliphatic hydroxyl groups is 1. The molecule has 0 saturated carbocycles. The third-order valence-corrected chi connectivity index (χ3v) is 8.98. The molecule has 2 unspecified atom stereocenters. The van der Waals surface area contributed by atoms with Crippen LogP contribution >= 0.6 is 11.8 Å². The fraction of sp³-hybridized carbons (Fsp3) is 0.708. The first-order valence-electron chi connectivity index (χ1n) is 11.9. The van der Waals surface area contributed by atoms with Gasteiger partial charge in [-0.2, -0.15) is 0 Å². The van der Waals surface area contributed by atoms with Crippen LogP contribution in [0.2, 0.25) is 0 Å². The van der Waals surface area contributed by atoms with Gasteiger partial charge >= 0.3 is 5.97 Å². The van der Waals surface area contributed by atoms with E-state index >= 15 is 0 Å². The molecule has 8 heteroatoms. The number of cyclic esters (lactones) is 1. The highest BCUT2D eigenvalue weighted by molar-refractivity contribution is 8.02. The minimum atomic E-state index is -0.762. The van der Waals surface area contributed by atoms with Gasteiger partial charge in [0.1, 0.15) is 12.6 Å². The maximum atomic E-state index is 14.0. The number of rotatable bonds is 8. The Kier molecular flexibility index (Phi) is 7.00. The number of fused-ring (bicyclic) bond motifs is 2. The number of nitrogens with zero attached hydrogens (tertiary/aromatic N) is 2. The molecule has 1 spiro atoms. The fourth-order valence-corrected chi connectivity index (χ4v) is 7.77. The molecule has 2 fully saturated rings. The van der Waals surface area contributed by atoms with Crippen molar-refractivity contribution in [3.8, 4) is 0 Å². The van der Waals surface area contributed by atoms with Crippen LogP contribution in [0.3, 0.4) is 0 Å². The van der Waals surface area contributed by atoms with E-state index in [0.717, 1.165) is 25.7 Å². The summed E-state index contributed by atoms with van der Waals surface area (Å²) in [6, 6.07) is -0.537. The van der Waals surface area contributed by atoms with E-state index in [1.54, 1.807) is 16.7 Å². The van der Waals surface area contributed by atoms with E-state index in [1.807, 2.05) is 29.2 Å². The van der Waals surface area contributed by atoms with Crippen molar-refractivity contribution in [2.75, 3.05) is 26.3 Å². The lowest BCUT2D eigenvalue weighted by molar-refractivity contribution is -0.151. The maximum absolute atomic E-state index is 14.0. The van der Waals surface area contributed by atoms with Gasteiger partial charge in [-0.1, -0.05) is 37.6 Å². The number of carbonyl (C=O) groups is 3. The first kappa shape index (κ1) is 23.4. The third kappa shape index (κ3) is 3.79. The van der Waals surface area contributed by atoms with Crippen LogP contribution in [0.4, 0.5) is 0 Å². The normalized spacial score (nSPS) is 34.7. The van der Waals surface area contributed by atoms with Gasteiger partial charge in [-0.15, -0.1) is 11.8 Å². The third-order valence-electron chi connectivity index (χ3n) is 7.24. The highest BCUT2D eigenvalue weighted by Crippen LogP contribution is 2.60. The van der Waals surface area contributed by atoms with Crippen LogP contribution in [0, 0.1) is 11.8 Å². The number of likely N-dealkylation sites (tertiary alicyclic amines) is 1. The number of aliphatic hydroxyl groups excluding tert-OH is 1. The Morgan fingerprint density at radius 2 is 2.03 bits per heavy atom. The van der Waals surface area contributed by atoms with Crippen LogP contribution in [0.25, 0.3) is 0 Å². The molecular formula is C24H34N2O5S. The standard InChI is InChI=1S/C24H34N2O5S/c1-3-9-16(2)25-13-8-11-24-19(18-17(32-24)10-7-15-31-23(18)30)21(28)26(20(24)22(25)29)12-5-4-6-14-27/h7-8,10-11,16-20,27H,3-6,9,12-15H2,1-2H3/t16?,17-,18+,19-,20?,24-/m0/s1. The Labute approximate surface area is 194 Å².